The molecule has 1 aromatic heterocycles. The molecule has 0 saturated carbocycles. The van der Waals surface area contributed by atoms with Gasteiger partial charge < -0.3 is 5.32 Å². The third-order valence-electron chi connectivity index (χ3n) is 3.42. The van der Waals surface area contributed by atoms with E-state index in [1.54, 1.807) is 31.6 Å². The molecule has 0 bridgehead atoms. The number of halogens is 2. The van der Waals surface area contributed by atoms with Crippen LogP contribution in [0, 0.1) is 5.82 Å². The summed E-state index contributed by atoms with van der Waals surface area (Å²) >= 11 is 3.24. The highest BCUT2D eigenvalue weighted by molar-refractivity contribution is 9.10. The Balaban J connectivity index is 2.21. The van der Waals surface area contributed by atoms with Gasteiger partial charge in [0.2, 0.25) is 0 Å². The molecule has 0 fully saturated rings. The van der Waals surface area contributed by atoms with Crippen LogP contribution in [0.5, 0.6) is 0 Å². The number of fused-ring (bicyclic) bond motifs is 1. The van der Waals surface area contributed by atoms with Gasteiger partial charge >= 0.3 is 0 Å². The molecule has 0 saturated heterocycles. The predicted molar refractivity (Wildman–Crippen MR) is 84.5 cm³/mol. The SMILES string of the molecule is CNC(c1cccc(Br)c1F)c1cccc2nccnc12. The zero-order valence-electron chi connectivity index (χ0n) is 11.3. The first kappa shape index (κ1) is 14.1. The van der Waals surface area contributed by atoms with Crippen LogP contribution in [0.3, 0.4) is 0 Å². The molecule has 3 rings (SSSR count). The lowest BCUT2D eigenvalue weighted by atomic mass is 9.97. The van der Waals surface area contributed by atoms with Crippen LogP contribution in [0.25, 0.3) is 11.0 Å². The quantitative estimate of drug-likeness (QED) is 0.783. The van der Waals surface area contributed by atoms with Crippen LogP contribution in [0.15, 0.2) is 53.3 Å². The average Bonchev–Trinajstić information content (AvgIpc) is 2.52. The largest absolute Gasteiger partial charge is 0.309 e. The average molecular weight is 346 g/mol. The highest BCUT2D eigenvalue weighted by atomic mass is 79.9. The van der Waals surface area contributed by atoms with Crippen LogP contribution >= 0.6 is 15.9 Å². The monoisotopic (exact) mass is 345 g/mol. The van der Waals surface area contributed by atoms with Crippen molar-refractivity contribution in [2.45, 2.75) is 6.04 Å². The van der Waals surface area contributed by atoms with Crippen molar-refractivity contribution in [1.82, 2.24) is 15.3 Å². The zero-order valence-corrected chi connectivity index (χ0v) is 12.9. The summed E-state index contributed by atoms with van der Waals surface area (Å²) in [5.41, 5.74) is 3.05. The van der Waals surface area contributed by atoms with E-state index in [1.165, 1.54) is 0 Å². The summed E-state index contributed by atoms with van der Waals surface area (Å²) in [6, 6.07) is 10.7. The van der Waals surface area contributed by atoms with Crippen molar-refractivity contribution < 1.29 is 4.39 Å². The minimum atomic E-state index is -0.289. The van der Waals surface area contributed by atoms with Gasteiger partial charge in [0.05, 0.1) is 21.5 Å². The van der Waals surface area contributed by atoms with Crippen molar-refractivity contribution in [2.75, 3.05) is 7.05 Å². The summed E-state index contributed by atoms with van der Waals surface area (Å²) in [7, 11) is 1.81. The van der Waals surface area contributed by atoms with E-state index in [0.29, 0.717) is 10.0 Å². The fourth-order valence-corrected chi connectivity index (χ4v) is 2.85. The summed E-state index contributed by atoms with van der Waals surface area (Å²) in [5.74, 6) is -0.266. The molecule has 0 aliphatic rings. The number of hydrogen-bond acceptors (Lipinski definition) is 3. The molecule has 0 amide bonds. The highest BCUT2D eigenvalue weighted by Crippen LogP contribution is 2.30. The van der Waals surface area contributed by atoms with Crippen molar-refractivity contribution in [2.24, 2.45) is 0 Å². The standard InChI is InChI=1S/C16H13BrFN3/c1-19-15(10-4-2-6-12(17)14(10)18)11-5-3-7-13-16(11)21-9-8-20-13/h2-9,15,19H,1H3. The maximum Gasteiger partial charge on any atom is 0.142 e. The number of aromatic nitrogens is 2. The van der Waals surface area contributed by atoms with Crippen molar-refractivity contribution in [1.29, 1.82) is 0 Å². The Kier molecular flexibility index (Phi) is 3.94. The zero-order chi connectivity index (χ0) is 14.8. The van der Waals surface area contributed by atoms with Crippen molar-refractivity contribution in [3.63, 3.8) is 0 Å². The normalized spacial score (nSPS) is 12.5. The van der Waals surface area contributed by atoms with E-state index < -0.39 is 0 Å². The maximum atomic E-state index is 14.4. The third kappa shape index (κ3) is 2.54. The Labute approximate surface area is 130 Å². The number of para-hydroxylation sites is 1. The molecule has 1 unspecified atom stereocenters. The van der Waals surface area contributed by atoms with Gasteiger partial charge in [0.25, 0.3) is 0 Å². The lowest BCUT2D eigenvalue weighted by Crippen LogP contribution is -2.19. The van der Waals surface area contributed by atoms with Gasteiger partial charge in [0.1, 0.15) is 5.82 Å². The van der Waals surface area contributed by atoms with E-state index in [-0.39, 0.29) is 11.9 Å². The molecule has 5 heteroatoms. The Morgan fingerprint density at radius 3 is 2.57 bits per heavy atom. The van der Waals surface area contributed by atoms with Crippen LogP contribution in [0.1, 0.15) is 17.2 Å². The third-order valence-corrected chi connectivity index (χ3v) is 4.03. The Morgan fingerprint density at radius 2 is 1.76 bits per heavy atom. The highest BCUT2D eigenvalue weighted by Gasteiger charge is 2.20. The van der Waals surface area contributed by atoms with Gasteiger partial charge in [-0.3, -0.25) is 9.97 Å². The minimum Gasteiger partial charge on any atom is -0.309 e. The van der Waals surface area contributed by atoms with Crippen molar-refractivity contribution in [3.8, 4) is 0 Å². The van der Waals surface area contributed by atoms with Crippen LogP contribution < -0.4 is 5.32 Å². The van der Waals surface area contributed by atoms with Crippen LogP contribution in [0.2, 0.25) is 0 Å². The second kappa shape index (κ2) is 5.87. The minimum absolute atomic E-state index is 0.266. The van der Waals surface area contributed by atoms with E-state index in [2.05, 4.69) is 31.2 Å². The molecule has 3 aromatic rings. The predicted octanol–water partition coefficient (Wildman–Crippen LogP) is 3.84. The number of benzene rings is 2. The van der Waals surface area contributed by atoms with Gasteiger partial charge in [-0.15, -0.1) is 0 Å². The van der Waals surface area contributed by atoms with Crippen LogP contribution in [0.4, 0.5) is 4.39 Å². The lowest BCUT2D eigenvalue weighted by Gasteiger charge is -2.19. The molecule has 0 radical (unpaired) electrons. The van der Waals surface area contributed by atoms with Gasteiger partial charge in [-0.05, 0) is 35.1 Å². The first-order valence-electron chi connectivity index (χ1n) is 6.53. The second-order valence-corrected chi connectivity index (χ2v) is 5.49. The van der Waals surface area contributed by atoms with E-state index in [0.717, 1.165) is 16.6 Å². The van der Waals surface area contributed by atoms with Gasteiger partial charge in [-0.1, -0.05) is 24.3 Å². The fraction of sp³-hybridized carbons (Fsp3) is 0.125. The molecule has 3 nitrogen and oxygen atoms in total. The van der Waals surface area contributed by atoms with Crippen LogP contribution in [-0.2, 0) is 0 Å². The smallest absolute Gasteiger partial charge is 0.142 e. The summed E-state index contributed by atoms with van der Waals surface area (Å²) < 4.78 is 14.9. The van der Waals surface area contributed by atoms with E-state index in [1.807, 2.05) is 24.3 Å². The molecule has 2 aromatic carbocycles. The molecule has 0 aliphatic heterocycles. The number of nitrogens with one attached hydrogen (secondary N) is 1. The Hall–Kier alpha value is -1.85. The molecule has 21 heavy (non-hydrogen) atoms. The number of hydrogen-bond donors (Lipinski definition) is 1. The molecular weight excluding hydrogens is 333 g/mol. The fourth-order valence-electron chi connectivity index (χ4n) is 2.47. The van der Waals surface area contributed by atoms with E-state index in [4.69, 9.17) is 0 Å². The van der Waals surface area contributed by atoms with Gasteiger partial charge in [-0.25, -0.2) is 4.39 Å². The van der Waals surface area contributed by atoms with Crippen LogP contribution in [-0.4, -0.2) is 17.0 Å². The lowest BCUT2D eigenvalue weighted by molar-refractivity contribution is 0.572. The number of nitrogens with zero attached hydrogens (tertiary/aromatic N) is 2. The van der Waals surface area contributed by atoms with Gasteiger partial charge in [0.15, 0.2) is 0 Å². The molecule has 0 spiro atoms. The Morgan fingerprint density at radius 1 is 1.05 bits per heavy atom. The van der Waals surface area contributed by atoms with Crippen molar-refractivity contribution in [3.05, 3.63) is 70.2 Å². The molecular formula is C16H13BrFN3. The molecule has 1 N–H and O–H groups in total. The summed E-state index contributed by atoms with van der Waals surface area (Å²) in [6.45, 7) is 0. The first-order chi connectivity index (χ1) is 10.2. The number of rotatable bonds is 3. The topological polar surface area (TPSA) is 37.8 Å². The first-order valence-corrected chi connectivity index (χ1v) is 7.32. The van der Waals surface area contributed by atoms with E-state index in [9.17, 15) is 4.39 Å². The maximum absolute atomic E-state index is 14.4. The summed E-state index contributed by atoms with van der Waals surface area (Å²) in [4.78, 5) is 8.69. The van der Waals surface area contributed by atoms with E-state index >= 15 is 0 Å². The van der Waals surface area contributed by atoms with Gasteiger partial charge in [-0.2, -0.15) is 0 Å². The molecule has 0 aliphatic carbocycles. The molecule has 1 atom stereocenters. The molecule has 1 heterocycles. The summed E-state index contributed by atoms with van der Waals surface area (Å²) in [6.07, 6.45) is 3.30. The Bertz CT molecular complexity index is 786. The second-order valence-electron chi connectivity index (χ2n) is 4.64. The molecule has 106 valence electrons. The van der Waals surface area contributed by atoms with Gasteiger partial charge in [0, 0.05) is 23.5 Å². The van der Waals surface area contributed by atoms with Crippen molar-refractivity contribution >= 4 is 27.0 Å². The summed E-state index contributed by atoms with van der Waals surface area (Å²) in [5, 5.41) is 3.17.